The Morgan fingerprint density at radius 1 is 1.29 bits per heavy atom. The van der Waals surface area contributed by atoms with E-state index in [2.05, 4.69) is 36.6 Å². The third-order valence-electron chi connectivity index (χ3n) is 3.48. The van der Waals surface area contributed by atoms with Gasteiger partial charge in [-0.3, -0.25) is 0 Å². The van der Waals surface area contributed by atoms with Gasteiger partial charge in [0, 0.05) is 19.1 Å². The molecule has 0 aromatic carbocycles. The molecular formula is C12H20N2. The molecule has 2 nitrogen and oxygen atoms in total. The molecule has 0 aromatic heterocycles. The Labute approximate surface area is 86.5 Å². The highest BCUT2D eigenvalue weighted by molar-refractivity contribution is 5.23. The second kappa shape index (κ2) is 4.28. The summed E-state index contributed by atoms with van der Waals surface area (Å²) in [6.07, 6.45) is 5.87. The highest BCUT2D eigenvalue weighted by Gasteiger charge is 2.24. The standard InChI is InChI=1S/C12H20N2/c1-9-3-8-14-12(10(9)2)11-4-6-13-7-5-11/h3-4,10,12-14H,5-8H2,1-2H3. The quantitative estimate of drug-likeness (QED) is 0.615. The summed E-state index contributed by atoms with van der Waals surface area (Å²) in [5, 5.41) is 6.96. The highest BCUT2D eigenvalue weighted by atomic mass is 14.9. The normalized spacial score (nSPS) is 33.6. The molecule has 2 aliphatic rings. The molecule has 0 saturated heterocycles. The second-order valence-electron chi connectivity index (χ2n) is 4.36. The summed E-state index contributed by atoms with van der Waals surface area (Å²) in [4.78, 5) is 0. The first-order chi connectivity index (χ1) is 6.79. The van der Waals surface area contributed by atoms with Crippen molar-refractivity contribution in [3.63, 3.8) is 0 Å². The lowest BCUT2D eigenvalue weighted by molar-refractivity contribution is 0.440. The molecule has 2 N–H and O–H groups in total. The molecular weight excluding hydrogens is 172 g/mol. The van der Waals surface area contributed by atoms with Crippen LogP contribution in [0.3, 0.4) is 0 Å². The average molecular weight is 192 g/mol. The molecule has 78 valence electrons. The predicted molar refractivity (Wildman–Crippen MR) is 60.3 cm³/mol. The van der Waals surface area contributed by atoms with E-state index in [-0.39, 0.29) is 0 Å². The molecule has 0 aromatic rings. The van der Waals surface area contributed by atoms with Crippen LogP contribution in [0.1, 0.15) is 20.3 Å². The summed E-state index contributed by atoms with van der Waals surface area (Å²) in [5.74, 6) is 0.660. The van der Waals surface area contributed by atoms with Crippen LogP contribution in [0.15, 0.2) is 23.3 Å². The summed E-state index contributed by atoms with van der Waals surface area (Å²) < 4.78 is 0. The fourth-order valence-corrected chi connectivity index (χ4v) is 2.35. The topological polar surface area (TPSA) is 24.1 Å². The van der Waals surface area contributed by atoms with E-state index in [0.717, 1.165) is 19.6 Å². The lowest BCUT2D eigenvalue weighted by atomic mass is 9.84. The minimum atomic E-state index is 0.585. The van der Waals surface area contributed by atoms with Crippen molar-refractivity contribution in [2.45, 2.75) is 26.3 Å². The van der Waals surface area contributed by atoms with Gasteiger partial charge in [-0.25, -0.2) is 0 Å². The van der Waals surface area contributed by atoms with Gasteiger partial charge in [0.15, 0.2) is 0 Å². The van der Waals surface area contributed by atoms with Gasteiger partial charge in [0.1, 0.15) is 0 Å². The predicted octanol–water partition coefficient (Wildman–Crippen LogP) is 1.46. The maximum absolute atomic E-state index is 3.60. The second-order valence-corrected chi connectivity index (χ2v) is 4.36. The van der Waals surface area contributed by atoms with E-state index in [1.54, 1.807) is 5.57 Å². The molecule has 0 spiro atoms. The number of hydrogen-bond donors (Lipinski definition) is 2. The van der Waals surface area contributed by atoms with Crippen LogP contribution in [-0.2, 0) is 0 Å². The summed E-state index contributed by atoms with van der Waals surface area (Å²) in [5.41, 5.74) is 3.14. The molecule has 2 rings (SSSR count). The first-order valence-corrected chi connectivity index (χ1v) is 5.58. The van der Waals surface area contributed by atoms with Crippen molar-refractivity contribution in [1.29, 1.82) is 0 Å². The molecule has 0 amide bonds. The number of nitrogens with one attached hydrogen (secondary N) is 2. The lowest BCUT2D eigenvalue weighted by Gasteiger charge is -2.33. The zero-order chi connectivity index (χ0) is 9.97. The van der Waals surface area contributed by atoms with Gasteiger partial charge in [0.05, 0.1) is 0 Å². The molecule has 2 heteroatoms. The van der Waals surface area contributed by atoms with Crippen LogP contribution in [0.5, 0.6) is 0 Å². The molecule has 2 heterocycles. The Morgan fingerprint density at radius 2 is 2.14 bits per heavy atom. The molecule has 0 saturated carbocycles. The van der Waals surface area contributed by atoms with Crippen LogP contribution in [0, 0.1) is 5.92 Å². The summed E-state index contributed by atoms with van der Waals surface area (Å²) in [7, 11) is 0. The molecule has 14 heavy (non-hydrogen) atoms. The van der Waals surface area contributed by atoms with Gasteiger partial charge in [-0.1, -0.05) is 30.2 Å². The highest BCUT2D eigenvalue weighted by Crippen LogP contribution is 2.25. The Kier molecular flexibility index (Phi) is 3.04. The Morgan fingerprint density at radius 3 is 2.86 bits per heavy atom. The zero-order valence-electron chi connectivity index (χ0n) is 9.14. The van der Waals surface area contributed by atoms with Crippen LogP contribution in [0.2, 0.25) is 0 Å². The first kappa shape index (κ1) is 9.94. The van der Waals surface area contributed by atoms with Crippen molar-refractivity contribution >= 4 is 0 Å². The molecule has 0 radical (unpaired) electrons. The first-order valence-electron chi connectivity index (χ1n) is 5.58. The number of hydrogen-bond acceptors (Lipinski definition) is 2. The van der Waals surface area contributed by atoms with Crippen molar-refractivity contribution in [2.24, 2.45) is 5.92 Å². The summed E-state index contributed by atoms with van der Waals surface area (Å²) in [6.45, 7) is 7.79. The van der Waals surface area contributed by atoms with E-state index in [1.165, 1.54) is 12.0 Å². The van der Waals surface area contributed by atoms with Crippen LogP contribution in [0.4, 0.5) is 0 Å². The largest absolute Gasteiger partial charge is 0.313 e. The molecule has 2 aliphatic heterocycles. The Hall–Kier alpha value is -0.600. The van der Waals surface area contributed by atoms with Gasteiger partial charge in [0.25, 0.3) is 0 Å². The van der Waals surface area contributed by atoms with Gasteiger partial charge in [0.2, 0.25) is 0 Å². The van der Waals surface area contributed by atoms with Gasteiger partial charge in [-0.15, -0.1) is 0 Å². The SMILES string of the molecule is CC1=CCNC(C2=CCNCC2)C1C. The average Bonchev–Trinajstić information content (AvgIpc) is 2.23. The third-order valence-corrected chi connectivity index (χ3v) is 3.48. The third kappa shape index (κ3) is 1.91. The van der Waals surface area contributed by atoms with Gasteiger partial charge < -0.3 is 10.6 Å². The van der Waals surface area contributed by atoms with E-state index in [1.807, 2.05) is 0 Å². The van der Waals surface area contributed by atoms with Crippen molar-refractivity contribution in [3.05, 3.63) is 23.3 Å². The fourth-order valence-electron chi connectivity index (χ4n) is 2.35. The zero-order valence-corrected chi connectivity index (χ0v) is 9.14. The summed E-state index contributed by atoms with van der Waals surface area (Å²) in [6, 6.07) is 0.585. The summed E-state index contributed by atoms with van der Waals surface area (Å²) >= 11 is 0. The molecule has 0 bridgehead atoms. The molecule has 2 atom stereocenters. The van der Waals surface area contributed by atoms with Crippen LogP contribution in [-0.4, -0.2) is 25.7 Å². The van der Waals surface area contributed by atoms with E-state index in [9.17, 15) is 0 Å². The molecule has 2 unspecified atom stereocenters. The van der Waals surface area contributed by atoms with E-state index >= 15 is 0 Å². The maximum Gasteiger partial charge on any atom is 0.0346 e. The van der Waals surface area contributed by atoms with Gasteiger partial charge in [-0.05, 0) is 25.8 Å². The van der Waals surface area contributed by atoms with Gasteiger partial charge >= 0.3 is 0 Å². The maximum atomic E-state index is 3.60. The lowest BCUT2D eigenvalue weighted by Crippen LogP contribution is -2.42. The van der Waals surface area contributed by atoms with E-state index in [0.29, 0.717) is 12.0 Å². The minimum Gasteiger partial charge on any atom is -0.313 e. The van der Waals surface area contributed by atoms with Crippen LogP contribution >= 0.6 is 0 Å². The number of rotatable bonds is 1. The molecule has 0 fully saturated rings. The Balaban J connectivity index is 2.10. The van der Waals surface area contributed by atoms with E-state index in [4.69, 9.17) is 0 Å². The monoisotopic (exact) mass is 192 g/mol. The Bertz CT molecular complexity index is 265. The minimum absolute atomic E-state index is 0.585. The van der Waals surface area contributed by atoms with Crippen molar-refractivity contribution in [1.82, 2.24) is 10.6 Å². The van der Waals surface area contributed by atoms with Crippen LogP contribution in [0.25, 0.3) is 0 Å². The van der Waals surface area contributed by atoms with Crippen molar-refractivity contribution < 1.29 is 0 Å². The smallest absolute Gasteiger partial charge is 0.0346 e. The van der Waals surface area contributed by atoms with E-state index < -0.39 is 0 Å². The van der Waals surface area contributed by atoms with Crippen LogP contribution < -0.4 is 10.6 Å². The van der Waals surface area contributed by atoms with Gasteiger partial charge in [-0.2, -0.15) is 0 Å². The fraction of sp³-hybridized carbons (Fsp3) is 0.667. The van der Waals surface area contributed by atoms with Crippen molar-refractivity contribution in [2.75, 3.05) is 19.6 Å². The molecule has 0 aliphatic carbocycles. The van der Waals surface area contributed by atoms with Crippen molar-refractivity contribution in [3.8, 4) is 0 Å².